The predicted molar refractivity (Wildman–Crippen MR) is 147 cm³/mol. The fourth-order valence-corrected chi connectivity index (χ4v) is 6.22. The van der Waals surface area contributed by atoms with Crippen molar-refractivity contribution in [2.45, 2.75) is 38.8 Å². The number of rotatable bonds is 4. The number of amides is 1. The van der Waals surface area contributed by atoms with E-state index in [1.165, 1.54) is 6.42 Å². The quantitative estimate of drug-likeness (QED) is 0.344. The number of hydrogen-bond donors (Lipinski definition) is 0. The number of nitriles is 1. The van der Waals surface area contributed by atoms with Gasteiger partial charge in [-0.2, -0.15) is 5.26 Å². The molecular weight excluding hydrogens is 472 g/mol. The highest BCUT2D eigenvalue weighted by Gasteiger charge is 2.40. The average Bonchev–Trinajstić information content (AvgIpc) is 3.64. The van der Waals surface area contributed by atoms with Gasteiger partial charge >= 0.3 is 0 Å². The third-order valence-electron chi connectivity index (χ3n) is 8.62. The minimum absolute atomic E-state index is 0.218. The number of likely N-dealkylation sites (tertiary alicyclic amines) is 1. The van der Waals surface area contributed by atoms with Crippen LogP contribution in [0.15, 0.2) is 67.1 Å². The van der Waals surface area contributed by atoms with E-state index in [4.69, 9.17) is 10.2 Å². The zero-order chi connectivity index (χ0) is 26.0. The molecule has 0 unspecified atom stereocenters. The SMILES string of the molecule is CC1(C)CCN1C[C@H]1CC(=O)N(c2ccc3c(c2)Cn2cc(-c4ccc(C#N)cc4)cc2-c2nccn2-3)C1. The van der Waals surface area contributed by atoms with E-state index in [0.29, 0.717) is 24.4 Å². The molecular formula is C31H30N6O. The summed E-state index contributed by atoms with van der Waals surface area (Å²) in [5, 5.41) is 9.15. The van der Waals surface area contributed by atoms with Crippen LogP contribution in [0.25, 0.3) is 28.3 Å². The van der Waals surface area contributed by atoms with Gasteiger partial charge in [-0.15, -0.1) is 0 Å². The van der Waals surface area contributed by atoms with Gasteiger partial charge in [0.2, 0.25) is 5.91 Å². The van der Waals surface area contributed by atoms with E-state index in [0.717, 1.165) is 59.2 Å². The second-order valence-corrected chi connectivity index (χ2v) is 11.4. The molecule has 3 aliphatic rings. The summed E-state index contributed by atoms with van der Waals surface area (Å²) >= 11 is 0. The van der Waals surface area contributed by atoms with Crippen molar-refractivity contribution in [3.05, 3.63) is 78.2 Å². The van der Waals surface area contributed by atoms with Gasteiger partial charge in [-0.1, -0.05) is 12.1 Å². The van der Waals surface area contributed by atoms with Crippen LogP contribution >= 0.6 is 0 Å². The molecule has 1 amide bonds. The Morgan fingerprint density at radius 2 is 1.95 bits per heavy atom. The van der Waals surface area contributed by atoms with Crippen molar-refractivity contribution in [2.75, 3.05) is 24.5 Å². The first-order chi connectivity index (χ1) is 18.4. The first kappa shape index (κ1) is 23.0. The normalized spacial score (nSPS) is 19.8. The number of carbonyl (C=O) groups excluding carboxylic acids is 1. The van der Waals surface area contributed by atoms with Crippen LogP contribution in [0, 0.1) is 17.2 Å². The van der Waals surface area contributed by atoms with Gasteiger partial charge in [0.05, 0.1) is 23.0 Å². The number of nitrogens with zero attached hydrogens (tertiary/aromatic N) is 6. The Hall–Kier alpha value is -4.15. The maximum atomic E-state index is 13.1. The summed E-state index contributed by atoms with van der Waals surface area (Å²) in [5.74, 6) is 1.48. The topological polar surface area (TPSA) is 70.1 Å². The van der Waals surface area contributed by atoms with Gasteiger partial charge in [-0.3, -0.25) is 14.3 Å². The standard InChI is InChI=1S/C31H30N6O/c1-31(2)9-11-35(31)17-22-13-29(38)37(18-22)26-7-8-27-25(14-26)20-34-19-24(23-5-3-21(16-32)4-6-23)15-28(34)30-33-10-12-36(27)30/h3-8,10,12,14-15,19,22H,9,11,13,17-18,20H2,1-2H3/t22-/m1/s1. The van der Waals surface area contributed by atoms with Crippen molar-refractivity contribution in [2.24, 2.45) is 5.92 Å². The van der Waals surface area contributed by atoms with Crippen molar-refractivity contribution in [3.8, 4) is 34.4 Å². The van der Waals surface area contributed by atoms with E-state index in [1.807, 2.05) is 41.6 Å². The maximum absolute atomic E-state index is 13.1. The molecule has 0 radical (unpaired) electrons. The summed E-state index contributed by atoms with van der Waals surface area (Å²) in [6.45, 7) is 8.18. The molecule has 190 valence electrons. The van der Waals surface area contributed by atoms with E-state index in [-0.39, 0.29) is 11.4 Å². The van der Waals surface area contributed by atoms with E-state index < -0.39 is 0 Å². The molecule has 3 aliphatic heterocycles. The first-order valence-corrected chi connectivity index (χ1v) is 13.3. The van der Waals surface area contributed by atoms with Crippen molar-refractivity contribution >= 4 is 11.6 Å². The van der Waals surface area contributed by atoms with Gasteiger partial charge in [-0.25, -0.2) is 4.98 Å². The monoisotopic (exact) mass is 502 g/mol. The molecule has 7 nitrogen and oxygen atoms in total. The molecule has 38 heavy (non-hydrogen) atoms. The van der Waals surface area contributed by atoms with Crippen molar-refractivity contribution in [1.82, 2.24) is 19.0 Å². The van der Waals surface area contributed by atoms with Gasteiger partial charge in [0.1, 0.15) is 0 Å². The number of carbonyl (C=O) groups is 1. The Bertz CT molecular complexity index is 1600. The predicted octanol–water partition coefficient (Wildman–Crippen LogP) is 5.08. The highest BCUT2D eigenvalue weighted by atomic mass is 16.2. The molecule has 0 spiro atoms. The lowest BCUT2D eigenvalue weighted by atomic mass is 9.87. The van der Waals surface area contributed by atoms with Gasteiger partial charge in [0.15, 0.2) is 5.82 Å². The lowest BCUT2D eigenvalue weighted by Gasteiger charge is -2.49. The van der Waals surface area contributed by atoms with Crippen LogP contribution in [-0.2, 0) is 11.3 Å². The number of fused-ring (bicyclic) bond motifs is 5. The molecule has 7 heteroatoms. The Morgan fingerprint density at radius 3 is 2.68 bits per heavy atom. The molecule has 7 rings (SSSR count). The van der Waals surface area contributed by atoms with Crippen LogP contribution < -0.4 is 4.90 Å². The van der Waals surface area contributed by atoms with Crippen LogP contribution in [0.2, 0.25) is 0 Å². The van der Waals surface area contributed by atoms with E-state index in [9.17, 15) is 4.79 Å². The van der Waals surface area contributed by atoms with Gasteiger partial charge in [0.25, 0.3) is 0 Å². The average molecular weight is 503 g/mol. The van der Waals surface area contributed by atoms with Crippen LogP contribution in [0.4, 0.5) is 5.69 Å². The summed E-state index contributed by atoms with van der Waals surface area (Å²) < 4.78 is 4.38. The van der Waals surface area contributed by atoms with Gasteiger partial charge < -0.3 is 9.47 Å². The molecule has 2 aromatic carbocycles. The smallest absolute Gasteiger partial charge is 0.227 e. The van der Waals surface area contributed by atoms with E-state index in [2.05, 4.69) is 64.4 Å². The summed E-state index contributed by atoms with van der Waals surface area (Å²) in [5.41, 5.74) is 7.33. The highest BCUT2D eigenvalue weighted by molar-refractivity contribution is 5.96. The molecule has 0 N–H and O–H groups in total. The largest absolute Gasteiger partial charge is 0.340 e. The zero-order valence-electron chi connectivity index (χ0n) is 21.8. The maximum Gasteiger partial charge on any atom is 0.227 e. The molecule has 1 atom stereocenters. The third-order valence-corrected chi connectivity index (χ3v) is 8.62. The number of imidazole rings is 1. The molecule has 2 saturated heterocycles. The summed E-state index contributed by atoms with van der Waals surface area (Å²) in [6.07, 6.45) is 7.84. The van der Waals surface area contributed by atoms with Gasteiger partial charge in [-0.05, 0) is 73.7 Å². The first-order valence-electron chi connectivity index (χ1n) is 13.3. The minimum atomic E-state index is 0.218. The molecule has 0 aliphatic carbocycles. The molecule has 0 bridgehead atoms. The second-order valence-electron chi connectivity index (χ2n) is 11.4. The summed E-state index contributed by atoms with van der Waals surface area (Å²) in [4.78, 5) is 22.3. The molecule has 4 aromatic rings. The molecule has 2 fully saturated rings. The van der Waals surface area contributed by atoms with Crippen molar-refractivity contribution < 1.29 is 4.79 Å². The van der Waals surface area contributed by atoms with Crippen molar-refractivity contribution in [1.29, 1.82) is 5.26 Å². The molecule has 0 saturated carbocycles. The number of anilines is 1. The third kappa shape index (κ3) is 3.67. The number of aromatic nitrogens is 3. The van der Waals surface area contributed by atoms with Crippen LogP contribution in [-0.4, -0.2) is 50.1 Å². The van der Waals surface area contributed by atoms with E-state index in [1.54, 1.807) is 0 Å². The minimum Gasteiger partial charge on any atom is -0.340 e. The summed E-state index contributed by atoms with van der Waals surface area (Å²) in [7, 11) is 0. The Kier molecular flexibility index (Phi) is 5.11. The van der Waals surface area contributed by atoms with Gasteiger partial charge in [0, 0.05) is 68.0 Å². The summed E-state index contributed by atoms with van der Waals surface area (Å²) in [6, 6.07) is 18.4. The number of benzene rings is 2. The van der Waals surface area contributed by atoms with E-state index >= 15 is 0 Å². The fourth-order valence-electron chi connectivity index (χ4n) is 6.22. The molecule has 2 aromatic heterocycles. The Balaban J connectivity index is 1.20. The van der Waals surface area contributed by atoms with Crippen LogP contribution in [0.3, 0.4) is 0 Å². The Morgan fingerprint density at radius 1 is 1.11 bits per heavy atom. The molecule has 5 heterocycles. The van der Waals surface area contributed by atoms with Crippen LogP contribution in [0.1, 0.15) is 37.8 Å². The van der Waals surface area contributed by atoms with Crippen molar-refractivity contribution in [3.63, 3.8) is 0 Å². The van der Waals surface area contributed by atoms with Crippen LogP contribution in [0.5, 0.6) is 0 Å². The zero-order valence-corrected chi connectivity index (χ0v) is 21.8. The lowest BCUT2D eigenvalue weighted by molar-refractivity contribution is -0.117. The second kappa shape index (κ2) is 8.44. The fraction of sp³-hybridized carbons (Fsp3) is 0.323. The number of hydrogen-bond acceptors (Lipinski definition) is 4. The Labute approximate surface area is 222 Å². The lowest BCUT2D eigenvalue weighted by Crippen LogP contribution is -2.57. The highest BCUT2D eigenvalue weighted by Crippen LogP contribution is 2.37.